The van der Waals surface area contributed by atoms with Crippen LogP contribution >= 0.6 is 0 Å². The summed E-state index contributed by atoms with van der Waals surface area (Å²) in [6.07, 6.45) is 1.35. The minimum absolute atomic E-state index is 0.0714. The van der Waals surface area contributed by atoms with E-state index in [1.807, 2.05) is 13.8 Å². The molecule has 1 atom stereocenters. The fourth-order valence-electron chi connectivity index (χ4n) is 2.52. The van der Waals surface area contributed by atoms with Crippen molar-refractivity contribution < 1.29 is 14.3 Å². The monoisotopic (exact) mass is 300 g/mol. The van der Waals surface area contributed by atoms with Gasteiger partial charge >= 0.3 is 5.97 Å². The van der Waals surface area contributed by atoms with E-state index < -0.39 is 5.54 Å². The topological polar surface area (TPSA) is 72.6 Å². The zero-order valence-electron chi connectivity index (χ0n) is 14.7. The summed E-state index contributed by atoms with van der Waals surface area (Å²) in [7, 11) is 1.36. The predicted molar refractivity (Wildman–Crippen MR) is 84.7 cm³/mol. The number of methoxy groups -OCH3 is 1. The molecular formula is C16H32N2O3. The second-order valence-corrected chi connectivity index (χ2v) is 7.42. The van der Waals surface area contributed by atoms with Crippen molar-refractivity contribution in [3.63, 3.8) is 0 Å². The summed E-state index contributed by atoms with van der Waals surface area (Å²) in [6.45, 7) is 12.5. The van der Waals surface area contributed by atoms with Gasteiger partial charge in [0.25, 0.3) is 0 Å². The van der Waals surface area contributed by atoms with Crippen molar-refractivity contribution >= 4 is 11.9 Å². The van der Waals surface area contributed by atoms with E-state index in [0.29, 0.717) is 13.0 Å². The van der Waals surface area contributed by atoms with Gasteiger partial charge in [-0.15, -0.1) is 0 Å². The van der Waals surface area contributed by atoms with Crippen LogP contribution in [-0.4, -0.2) is 42.5 Å². The first-order valence-corrected chi connectivity index (χ1v) is 7.57. The van der Waals surface area contributed by atoms with Gasteiger partial charge in [-0.25, -0.2) is 4.79 Å². The van der Waals surface area contributed by atoms with Crippen molar-refractivity contribution in [2.45, 2.75) is 59.9 Å². The molecule has 0 saturated heterocycles. The Morgan fingerprint density at radius 3 is 2.05 bits per heavy atom. The zero-order valence-corrected chi connectivity index (χ0v) is 14.7. The summed E-state index contributed by atoms with van der Waals surface area (Å²) in [6, 6.07) is 0. The van der Waals surface area contributed by atoms with Crippen molar-refractivity contribution in [3.05, 3.63) is 0 Å². The van der Waals surface area contributed by atoms with E-state index in [-0.39, 0.29) is 29.8 Å². The number of carbonyl (C=O) groups excluding carboxylic acids is 2. The van der Waals surface area contributed by atoms with Crippen molar-refractivity contribution in [2.75, 3.05) is 20.2 Å². The second kappa shape index (κ2) is 7.78. The lowest BCUT2D eigenvalue weighted by molar-refractivity contribution is -0.162. The van der Waals surface area contributed by atoms with E-state index >= 15 is 0 Å². The highest BCUT2D eigenvalue weighted by atomic mass is 16.5. The summed E-state index contributed by atoms with van der Waals surface area (Å²) in [5.74, 6) is -0.337. The maximum Gasteiger partial charge on any atom is 0.331 e. The maximum atomic E-state index is 12.3. The van der Waals surface area contributed by atoms with Crippen LogP contribution in [0, 0.1) is 11.3 Å². The zero-order chi connectivity index (χ0) is 16.8. The van der Waals surface area contributed by atoms with Crippen molar-refractivity contribution in [2.24, 2.45) is 17.1 Å². The average molecular weight is 300 g/mol. The fraction of sp³-hybridized carbons (Fsp3) is 0.875. The van der Waals surface area contributed by atoms with Gasteiger partial charge in [0.05, 0.1) is 13.7 Å². The van der Waals surface area contributed by atoms with Gasteiger partial charge < -0.3 is 15.4 Å². The Balaban J connectivity index is 5.47. The summed E-state index contributed by atoms with van der Waals surface area (Å²) >= 11 is 0. The normalized spacial score (nSPS) is 14.7. The molecule has 0 fully saturated rings. The van der Waals surface area contributed by atoms with Gasteiger partial charge in [-0.1, -0.05) is 34.6 Å². The third-order valence-corrected chi connectivity index (χ3v) is 3.59. The second-order valence-electron chi connectivity index (χ2n) is 7.42. The smallest absolute Gasteiger partial charge is 0.331 e. The fourth-order valence-corrected chi connectivity index (χ4v) is 2.52. The van der Waals surface area contributed by atoms with E-state index in [9.17, 15) is 9.59 Å². The van der Waals surface area contributed by atoms with Gasteiger partial charge in [0.15, 0.2) is 0 Å². The Morgan fingerprint density at radius 2 is 1.71 bits per heavy atom. The standard InChI is InChI=1S/C16H32N2O3/c1-12(2)10-16(6,14(20)21-7)18(13(19)11-17)9-8-15(3,4)5/h12H,8-11,17H2,1-7H3. The van der Waals surface area contributed by atoms with Crippen LogP contribution in [0.3, 0.4) is 0 Å². The third kappa shape index (κ3) is 6.04. The lowest BCUT2D eigenvalue weighted by atomic mass is 9.86. The molecule has 0 aliphatic heterocycles. The first-order chi connectivity index (χ1) is 9.47. The number of carbonyl (C=O) groups is 2. The molecule has 0 aliphatic carbocycles. The minimum atomic E-state index is -0.968. The Hall–Kier alpha value is -1.10. The number of amides is 1. The van der Waals surface area contributed by atoms with Crippen LogP contribution < -0.4 is 5.73 Å². The quantitative estimate of drug-likeness (QED) is 0.731. The van der Waals surface area contributed by atoms with E-state index in [2.05, 4.69) is 20.8 Å². The van der Waals surface area contributed by atoms with Crippen molar-refractivity contribution in [1.82, 2.24) is 4.90 Å². The number of rotatable bonds is 7. The lowest BCUT2D eigenvalue weighted by Gasteiger charge is -2.41. The van der Waals surface area contributed by atoms with Crippen LogP contribution in [0.1, 0.15) is 54.4 Å². The molecule has 0 aromatic rings. The minimum Gasteiger partial charge on any atom is -0.467 e. The van der Waals surface area contributed by atoms with E-state index in [4.69, 9.17) is 10.5 Å². The molecule has 0 aliphatic rings. The molecule has 0 heterocycles. The molecule has 0 rings (SSSR count). The Kier molecular flexibility index (Phi) is 7.37. The molecule has 0 aromatic carbocycles. The summed E-state index contributed by atoms with van der Waals surface area (Å²) in [5.41, 5.74) is 4.64. The Labute approximate surface area is 129 Å². The van der Waals surface area contributed by atoms with Crippen LogP contribution in [0.15, 0.2) is 0 Å². The van der Waals surface area contributed by atoms with E-state index in [1.165, 1.54) is 7.11 Å². The van der Waals surface area contributed by atoms with Crippen LogP contribution in [0.4, 0.5) is 0 Å². The molecule has 21 heavy (non-hydrogen) atoms. The maximum absolute atomic E-state index is 12.3. The number of hydrogen-bond acceptors (Lipinski definition) is 4. The number of nitrogens with two attached hydrogens (primary N) is 1. The predicted octanol–water partition coefficient (Wildman–Crippen LogP) is 2.19. The van der Waals surface area contributed by atoms with Crippen molar-refractivity contribution in [3.8, 4) is 0 Å². The van der Waals surface area contributed by atoms with Gasteiger partial charge in [-0.2, -0.15) is 0 Å². The van der Waals surface area contributed by atoms with Crippen LogP contribution in [0.25, 0.3) is 0 Å². The molecule has 124 valence electrons. The molecule has 1 amide bonds. The molecule has 0 saturated carbocycles. The number of nitrogens with zero attached hydrogens (tertiary/aromatic N) is 1. The van der Waals surface area contributed by atoms with E-state index in [1.54, 1.807) is 11.8 Å². The molecule has 5 nitrogen and oxygen atoms in total. The Morgan fingerprint density at radius 1 is 1.19 bits per heavy atom. The molecular weight excluding hydrogens is 268 g/mol. The molecule has 2 N–H and O–H groups in total. The lowest BCUT2D eigenvalue weighted by Crippen LogP contribution is -2.58. The number of hydrogen-bond donors (Lipinski definition) is 1. The third-order valence-electron chi connectivity index (χ3n) is 3.59. The van der Waals surface area contributed by atoms with Crippen LogP contribution in [0.2, 0.25) is 0 Å². The van der Waals surface area contributed by atoms with Gasteiger partial charge in [0.2, 0.25) is 5.91 Å². The number of esters is 1. The molecule has 5 heteroatoms. The molecule has 0 spiro atoms. The molecule has 0 bridgehead atoms. The summed E-state index contributed by atoms with van der Waals surface area (Å²) in [4.78, 5) is 26.2. The molecule has 0 aromatic heterocycles. The van der Waals surface area contributed by atoms with Crippen LogP contribution in [0.5, 0.6) is 0 Å². The number of ether oxygens (including phenoxy) is 1. The SMILES string of the molecule is COC(=O)C(C)(CC(C)C)N(CCC(C)(C)C)C(=O)CN. The molecule has 1 unspecified atom stereocenters. The van der Waals surface area contributed by atoms with Gasteiger partial charge in [0, 0.05) is 6.54 Å². The van der Waals surface area contributed by atoms with Gasteiger partial charge in [0.1, 0.15) is 5.54 Å². The van der Waals surface area contributed by atoms with Gasteiger partial charge in [-0.3, -0.25) is 4.79 Å². The highest BCUT2D eigenvalue weighted by Gasteiger charge is 2.43. The first-order valence-electron chi connectivity index (χ1n) is 7.57. The highest BCUT2D eigenvalue weighted by molar-refractivity contribution is 5.88. The largest absolute Gasteiger partial charge is 0.467 e. The summed E-state index contributed by atoms with van der Waals surface area (Å²) in [5, 5.41) is 0. The van der Waals surface area contributed by atoms with Crippen molar-refractivity contribution in [1.29, 1.82) is 0 Å². The first kappa shape index (κ1) is 19.9. The van der Waals surface area contributed by atoms with Crippen LogP contribution in [-0.2, 0) is 14.3 Å². The average Bonchev–Trinajstić information content (AvgIpc) is 2.35. The molecule has 0 radical (unpaired) electrons. The highest BCUT2D eigenvalue weighted by Crippen LogP contribution is 2.28. The van der Waals surface area contributed by atoms with E-state index in [0.717, 1.165) is 6.42 Å². The Bertz CT molecular complexity index is 361. The summed E-state index contributed by atoms with van der Waals surface area (Å²) < 4.78 is 4.95. The van der Waals surface area contributed by atoms with Gasteiger partial charge in [-0.05, 0) is 31.1 Å².